The van der Waals surface area contributed by atoms with E-state index < -0.39 is 5.97 Å². The number of fused-ring (bicyclic) bond motifs is 1. The van der Waals surface area contributed by atoms with Crippen LogP contribution < -0.4 is 0 Å². The van der Waals surface area contributed by atoms with Gasteiger partial charge in [0.25, 0.3) is 0 Å². The van der Waals surface area contributed by atoms with Crippen molar-refractivity contribution in [2.75, 3.05) is 0 Å². The number of allylic oxidation sites excluding steroid dienone is 2. The van der Waals surface area contributed by atoms with Crippen LogP contribution in [0.4, 0.5) is 0 Å². The highest BCUT2D eigenvalue weighted by Gasteiger charge is 2.45. The lowest BCUT2D eigenvalue weighted by atomic mass is 9.57. The third kappa shape index (κ3) is 2.37. The molecule has 0 radical (unpaired) electrons. The van der Waals surface area contributed by atoms with Gasteiger partial charge in [-0.3, -0.25) is 4.79 Å². The van der Waals surface area contributed by atoms with Crippen molar-refractivity contribution in [3.63, 3.8) is 0 Å². The first-order chi connectivity index (χ1) is 8.13. The zero-order valence-electron chi connectivity index (χ0n) is 9.80. The van der Waals surface area contributed by atoms with Crippen LogP contribution in [0.5, 0.6) is 0 Å². The summed E-state index contributed by atoms with van der Waals surface area (Å²) in [5, 5.41) is 18.4. The van der Waals surface area contributed by atoms with Crippen molar-refractivity contribution in [1.82, 2.24) is 0 Å². The van der Waals surface area contributed by atoms with Gasteiger partial charge in [0.05, 0.1) is 6.10 Å². The van der Waals surface area contributed by atoms with Crippen molar-refractivity contribution in [2.24, 2.45) is 17.8 Å². The zero-order chi connectivity index (χ0) is 12.4. The Labute approximate surface area is 102 Å². The molecule has 2 rings (SSSR count). The average molecular weight is 234 g/mol. The molecule has 0 heterocycles. The van der Waals surface area contributed by atoms with E-state index in [9.17, 15) is 9.90 Å². The van der Waals surface area contributed by atoms with Gasteiger partial charge in [0, 0.05) is 12.3 Å². The molecule has 0 saturated heterocycles. The number of aliphatic carboxylic acids is 1. The second-order valence-electron chi connectivity index (χ2n) is 5.02. The monoisotopic (exact) mass is 234 g/mol. The number of aliphatic hydroxyl groups is 1. The molecule has 2 aliphatic carbocycles. The minimum absolute atomic E-state index is 0.00891. The Morgan fingerprint density at radius 2 is 2.29 bits per heavy atom. The molecule has 0 aromatic heterocycles. The largest absolute Gasteiger partial charge is 0.481 e. The van der Waals surface area contributed by atoms with Gasteiger partial charge in [-0.05, 0) is 37.5 Å². The minimum atomic E-state index is -0.752. The summed E-state index contributed by atoms with van der Waals surface area (Å²) >= 11 is 0. The van der Waals surface area contributed by atoms with Crippen LogP contribution in [0.25, 0.3) is 0 Å². The molecule has 0 spiro atoms. The van der Waals surface area contributed by atoms with Crippen molar-refractivity contribution in [1.29, 1.82) is 0 Å². The number of rotatable bonds is 3. The molecule has 92 valence electrons. The molecule has 2 aliphatic rings. The van der Waals surface area contributed by atoms with Crippen LogP contribution in [-0.2, 0) is 4.79 Å². The van der Waals surface area contributed by atoms with Gasteiger partial charge in [0.2, 0.25) is 0 Å². The zero-order valence-corrected chi connectivity index (χ0v) is 9.80. The van der Waals surface area contributed by atoms with Crippen LogP contribution >= 0.6 is 0 Å². The predicted molar refractivity (Wildman–Crippen MR) is 64.1 cm³/mol. The number of aliphatic hydroxyl groups excluding tert-OH is 1. The normalized spacial score (nSPS) is 38.0. The Bertz CT molecular complexity index is 377. The number of carbonyl (C=O) groups is 1. The van der Waals surface area contributed by atoms with Gasteiger partial charge < -0.3 is 10.2 Å². The van der Waals surface area contributed by atoms with Crippen LogP contribution in [0, 0.1) is 30.1 Å². The molecule has 3 nitrogen and oxygen atoms in total. The van der Waals surface area contributed by atoms with Crippen LogP contribution in [0.15, 0.2) is 11.6 Å². The maximum absolute atomic E-state index is 10.4. The number of terminal acetylenes is 1. The molecule has 0 aromatic carbocycles. The third-order valence-electron chi connectivity index (χ3n) is 4.07. The van der Waals surface area contributed by atoms with Gasteiger partial charge in [-0.15, -0.1) is 12.3 Å². The second kappa shape index (κ2) is 4.93. The van der Waals surface area contributed by atoms with Crippen molar-refractivity contribution in [2.45, 2.75) is 38.2 Å². The first kappa shape index (κ1) is 12.2. The van der Waals surface area contributed by atoms with Gasteiger partial charge >= 0.3 is 5.97 Å². The summed E-state index contributed by atoms with van der Waals surface area (Å²) in [6, 6.07) is 0. The van der Waals surface area contributed by atoms with E-state index in [1.807, 2.05) is 0 Å². The molecular weight excluding hydrogens is 216 g/mol. The average Bonchev–Trinajstić information content (AvgIpc) is 2.25. The molecule has 0 aromatic rings. The van der Waals surface area contributed by atoms with E-state index in [0.29, 0.717) is 18.3 Å². The Kier molecular flexibility index (Phi) is 3.54. The number of hydrogen-bond acceptors (Lipinski definition) is 2. The molecule has 0 amide bonds. The SMILES string of the molecule is C#CC1C(O)CCC2C(=CCCC(=O)O)CC21. The van der Waals surface area contributed by atoms with E-state index in [1.54, 1.807) is 0 Å². The molecule has 3 heteroatoms. The van der Waals surface area contributed by atoms with Crippen molar-refractivity contribution < 1.29 is 15.0 Å². The Hall–Kier alpha value is -1.27. The van der Waals surface area contributed by atoms with Gasteiger partial charge in [-0.1, -0.05) is 11.6 Å². The van der Waals surface area contributed by atoms with Crippen molar-refractivity contribution in [3.8, 4) is 12.3 Å². The second-order valence-corrected chi connectivity index (χ2v) is 5.02. The first-order valence-corrected chi connectivity index (χ1v) is 6.18. The van der Waals surface area contributed by atoms with Gasteiger partial charge in [-0.2, -0.15) is 0 Å². The number of hydrogen-bond donors (Lipinski definition) is 2. The van der Waals surface area contributed by atoms with Gasteiger partial charge in [0.15, 0.2) is 0 Å². The van der Waals surface area contributed by atoms with E-state index in [2.05, 4.69) is 12.0 Å². The molecule has 4 atom stereocenters. The molecule has 0 bridgehead atoms. The smallest absolute Gasteiger partial charge is 0.303 e. The molecule has 0 aliphatic heterocycles. The summed E-state index contributed by atoms with van der Waals surface area (Å²) < 4.78 is 0. The molecule has 4 unspecified atom stereocenters. The summed E-state index contributed by atoms with van der Waals surface area (Å²) in [4.78, 5) is 10.4. The lowest BCUT2D eigenvalue weighted by Gasteiger charge is -2.48. The molecule has 17 heavy (non-hydrogen) atoms. The fourth-order valence-corrected chi connectivity index (χ4v) is 3.12. The van der Waals surface area contributed by atoms with E-state index in [4.69, 9.17) is 11.5 Å². The summed E-state index contributed by atoms with van der Waals surface area (Å²) in [6.07, 6.45) is 10.7. The van der Waals surface area contributed by atoms with Crippen LogP contribution in [0.1, 0.15) is 32.1 Å². The number of carboxylic acid groups (broad SMARTS) is 1. The molecule has 2 saturated carbocycles. The van der Waals surface area contributed by atoms with E-state index in [0.717, 1.165) is 19.3 Å². The highest BCUT2D eigenvalue weighted by molar-refractivity contribution is 5.66. The quantitative estimate of drug-likeness (QED) is 0.578. The summed E-state index contributed by atoms with van der Waals surface area (Å²) in [5.41, 5.74) is 1.35. The third-order valence-corrected chi connectivity index (χ3v) is 4.07. The highest BCUT2D eigenvalue weighted by atomic mass is 16.4. The van der Waals surface area contributed by atoms with E-state index in [-0.39, 0.29) is 18.4 Å². The Balaban J connectivity index is 1.92. The lowest BCUT2D eigenvalue weighted by Crippen LogP contribution is -2.44. The summed E-state index contributed by atoms with van der Waals surface area (Å²) in [6.45, 7) is 0. The van der Waals surface area contributed by atoms with Crippen molar-refractivity contribution >= 4 is 5.97 Å². The van der Waals surface area contributed by atoms with Crippen LogP contribution in [0.3, 0.4) is 0 Å². The highest BCUT2D eigenvalue weighted by Crippen LogP contribution is 2.51. The summed E-state index contributed by atoms with van der Waals surface area (Å²) in [5.74, 6) is 2.86. The lowest BCUT2D eigenvalue weighted by molar-refractivity contribution is -0.136. The molecule has 2 fully saturated rings. The van der Waals surface area contributed by atoms with Crippen LogP contribution in [-0.4, -0.2) is 22.3 Å². The van der Waals surface area contributed by atoms with Crippen molar-refractivity contribution in [3.05, 3.63) is 11.6 Å². The fourth-order valence-electron chi connectivity index (χ4n) is 3.12. The predicted octanol–water partition coefficient (Wildman–Crippen LogP) is 1.82. The van der Waals surface area contributed by atoms with E-state index in [1.165, 1.54) is 5.57 Å². The summed E-state index contributed by atoms with van der Waals surface area (Å²) in [7, 11) is 0. The minimum Gasteiger partial charge on any atom is -0.481 e. The standard InChI is InChI=1S/C14H18O3/c1-2-10-12-8-9(4-3-5-14(16)17)11(12)6-7-13(10)15/h1,4,10-13,15H,3,5-8H2,(H,16,17). The van der Waals surface area contributed by atoms with Crippen LogP contribution in [0.2, 0.25) is 0 Å². The fraction of sp³-hybridized carbons (Fsp3) is 0.643. The maximum Gasteiger partial charge on any atom is 0.303 e. The first-order valence-electron chi connectivity index (χ1n) is 6.18. The van der Waals surface area contributed by atoms with Gasteiger partial charge in [0.1, 0.15) is 0 Å². The maximum atomic E-state index is 10.4. The molecule has 2 N–H and O–H groups in total. The van der Waals surface area contributed by atoms with E-state index >= 15 is 0 Å². The number of carboxylic acids is 1. The van der Waals surface area contributed by atoms with Gasteiger partial charge in [-0.25, -0.2) is 0 Å². The topological polar surface area (TPSA) is 57.5 Å². The Morgan fingerprint density at radius 1 is 1.53 bits per heavy atom. The Morgan fingerprint density at radius 3 is 2.94 bits per heavy atom. The molecular formula is C14H18O3.